The number of carbonyl (C=O) groups excluding carboxylic acids is 1. The van der Waals surface area contributed by atoms with Crippen molar-refractivity contribution in [3.63, 3.8) is 0 Å². The van der Waals surface area contributed by atoms with Crippen LogP contribution in [0.1, 0.15) is 35.6 Å². The second kappa shape index (κ2) is 6.18. The highest BCUT2D eigenvalue weighted by molar-refractivity contribution is 6.31. The summed E-state index contributed by atoms with van der Waals surface area (Å²) in [6.45, 7) is 4.54. The Bertz CT molecular complexity index is 637. The highest BCUT2D eigenvalue weighted by atomic mass is 35.5. The summed E-state index contributed by atoms with van der Waals surface area (Å²) in [6, 6.07) is 5.84. The number of rotatable bonds is 5. The smallest absolute Gasteiger partial charge is 0.185 e. The fraction of sp³-hybridized carbons (Fsp3) is 0.333. The van der Waals surface area contributed by atoms with Gasteiger partial charge in [-0.25, -0.2) is 4.39 Å². The number of halogens is 2. The van der Waals surface area contributed by atoms with Crippen LogP contribution in [-0.2, 0) is 19.4 Å². The van der Waals surface area contributed by atoms with Gasteiger partial charge in [-0.3, -0.25) is 9.48 Å². The molecule has 0 spiro atoms. The van der Waals surface area contributed by atoms with Gasteiger partial charge in [0, 0.05) is 18.0 Å². The Kier molecular flexibility index (Phi) is 4.55. The van der Waals surface area contributed by atoms with Gasteiger partial charge in [0.05, 0.1) is 5.69 Å². The van der Waals surface area contributed by atoms with E-state index in [2.05, 4.69) is 5.10 Å². The molecule has 2 aromatic rings. The van der Waals surface area contributed by atoms with Crippen molar-refractivity contribution in [1.82, 2.24) is 9.78 Å². The van der Waals surface area contributed by atoms with Gasteiger partial charge in [-0.15, -0.1) is 0 Å². The predicted molar refractivity (Wildman–Crippen MR) is 76.7 cm³/mol. The number of aromatic nitrogens is 2. The zero-order valence-electron chi connectivity index (χ0n) is 11.5. The second-order valence-electron chi connectivity index (χ2n) is 4.53. The van der Waals surface area contributed by atoms with Crippen LogP contribution in [0, 0.1) is 5.82 Å². The van der Waals surface area contributed by atoms with Crippen LogP contribution in [0.25, 0.3) is 0 Å². The van der Waals surface area contributed by atoms with Gasteiger partial charge in [0.2, 0.25) is 0 Å². The summed E-state index contributed by atoms with van der Waals surface area (Å²) >= 11 is 5.99. The maximum Gasteiger partial charge on any atom is 0.185 e. The average Bonchev–Trinajstić information content (AvgIpc) is 2.86. The Balaban J connectivity index is 2.28. The molecular weight excluding hydrogens is 279 g/mol. The minimum Gasteiger partial charge on any atom is -0.292 e. The number of nitrogens with zero attached hydrogens (tertiary/aromatic N) is 2. The van der Waals surface area contributed by atoms with E-state index in [4.69, 9.17) is 11.6 Å². The molecule has 2 rings (SSSR count). The molecule has 1 heterocycles. The summed E-state index contributed by atoms with van der Waals surface area (Å²) in [6.07, 6.45) is 0.847. The van der Waals surface area contributed by atoms with Gasteiger partial charge >= 0.3 is 0 Å². The van der Waals surface area contributed by atoms with Gasteiger partial charge in [0.1, 0.15) is 11.5 Å². The third-order valence-electron chi connectivity index (χ3n) is 3.14. The van der Waals surface area contributed by atoms with Crippen LogP contribution < -0.4 is 0 Å². The molecule has 0 aliphatic heterocycles. The van der Waals surface area contributed by atoms with E-state index < -0.39 is 5.82 Å². The molecule has 0 amide bonds. The van der Waals surface area contributed by atoms with E-state index in [9.17, 15) is 9.18 Å². The first-order chi connectivity index (χ1) is 9.55. The molecule has 0 bridgehead atoms. The zero-order chi connectivity index (χ0) is 14.7. The number of Topliss-reactive ketones (excluding diaryl/α,β-unsaturated/α-hetero) is 1. The lowest BCUT2D eigenvalue weighted by atomic mass is 10.1. The highest BCUT2D eigenvalue weighted by Crippen LogP contribution is 2.19. The molecule has 0 aliphatic carbocycles. The van der Waals surface area contributed by atoms with Crippen molar-refractivity contribution in [1.29, 1.82) is 0 Å². The van der Waals surface area contributed by atoms with Crippen molar-refractivity contribution in [2.24, 2.45) is 0 Å². The molecule has 0 saturated heterocycles. The molecule has 0 unspecified atom stereocenters. The van der Waals surface area contributed by atoms with Gasteiger partial charge in [-0.05, 0) is 43.2 Å². The molecule has 5 heteroatoms. The average molecular weight is 295 g/mol. The molecule has 1 aromatic carbocycles. The van der Waals surface area contributed by atoms with Crippen LogP contribution in [-0.4, -0.2) is 15.6 Å². The van der Waals surface area contributed by atoms with Crippen LogP contribution in [0.2, 0.25) is 5.02 Å². The number of hydrogen-bond acceptors (Lipinski definition) is 2. The lowest BCUT2D eigenvalue weighted by Gasteiger charge is -2.05. The summed E-state index contributed by atoms with van der Waals surface area (Å²) < 4.78 is 14.9. The Morgan fingerprint density at radius 3 is 2.75 bits per heavy atom. The SMILES string of the molecule is CCc1cc(C(=O)Cc2cc(F)ccc2Cl)n(CC)n1. The fourth-order valence-electron chi connectivity index (χ4n) is 2.05. The summed E-state index contributed by atoms with van der Waals surface area (Å²) in [7, 11) is 0. The van der Waals surface area contributed by atoms with Crippen LogP contribution >= 0.6 is 11.6 Å². The first kappa shape index (κ1) is 14.7. The number of aryl methyl sites for hydroxylation is 2. The Hall–Kier alpha value is -1.68. The quantitative estimate of drug-likeness (QED) is 0.788. The van der Waals surface area contributed by atoms with Gasteiger partial charge < -0.3 is 0 Å². The molecule has 0 fully saturated rings. The third kappa shape index (κ3) is 3.07. The van der Waals surface area contributed by atoms with Crippen LogP contribution in [0.5, 0.6) is 0 Å². The first-order valence-electron chi connectivity index (χ1n) is 6.59. The lowest BCUT2D eigenvalue weighted by molar-refractivity contribution is 0.0982. The summed E-state index contributed by atoms with van der Waals surface area (Å²) in [5.41, 5.74) is 1.92. The van der Waals surface area contributed by atoms with Crippen molar-refractivity contribution in [2.45, 2.75) is 33.2 Å². The number of benzene rings is 1. The Morgan fingerprint density at radius 2 is 2.10 bits per heavy atom. The maximum atomic E-state index is 13.2. The molecule has 0 radical (unpaired) electrons. The van der Waals surface area contributed by atoms with Crippen molar-refractivity contribution in [2.75, 3.05) is 0 Å². The predicted octanol–water partition coefficient (Wildman–Crippen LogP) is 3.68. The molecule has 0 N–H and O–H groups in total. The van der Waals surface area contributed by atoms with Gasteiger partial charge in [0.15, 0.2) is 5.78 Å². The summed E-state index contributed by atoms with van der Waals surface area (Å²) in [4.78, 5) is 12.3. The van der Waals surface area contributed by atoms with E-state index in [0.717, 1.165) is 12.1 Å². The number of carbonyl (C=O) groups is 1. The number of hydrogen-bond donors (Lipinski definition) is 0. The molecule has 0 aliphatic rings. The minimum absolute atomic E-state index is 0.0748. The molecule has 0 saturated carbocycles. The monoisotopic (exact) mass is 294 g/mol. The van der Waals surface area contributed by atoms with E-state index in [0.29, 0.717) is 22.8 Å². The van der Waals surface area contributed by atoms with E-state index >= 15 is 0 Å². The first-order valence-corrected chi connectivity index (χ1v) is 6.96. The van der Waals surface area contributed by atoms with Crippen LogP contribution in [0.3, 0.4) is 0 Å². The molecule has 106 valence electrons. The maximum absolute atomic E-state index is 13.2. The minimum atomic E-state index is -0.393. The molecule has 1 aromatic heterocycles. The fourth-order valence-corrected chi connectivity index (χ4v) is 2.24. The summed E-state index contributed by atoms with van der Waals surface area (Å²) in [5.74, 6) is -0.498. The molecule has 20 heavy (non-hydrogen) atoms. The topological polar surface area (TPSA) is 34.9 Å². The van der Waals surface area contributed by atoms with Gasteiger partial charge in [-0.2, -0.15) is 5.10 Å². The third-order valence-corrected chi connectivity index (χ3v) is 3.51. The van der Waals surface area contributed by atoms with Crippen LogP contribution in [0.15, 0.2) is 24.3 Å². The Morgan fingerprint density at radius 1 is 1.35 bits per heavy atom. The van der Waals surface area contributed by atoms with Gasteiger partial charge in [-0.1, -0.05) is 18.5 Å². The number of ketones is 1. The van der Waals surface area contributed by atoms with E-state index in [1.165, 1.54) is 18.2 Å². The van der Waals surface area contributed by atoms with E-state index in [1.54, 1.807) is 10.7 Å². The molecular formula is C15H16ClFN2O. The second-order valence-corrected chi connectivity index (χ2v) is 4.93. The normalized spacial score (nSPS) is 10.8. The van der Waals surface area contributed by atoms with Crippen molar-refractivity contribution < 1.29 is 9.18 Å². The molecule has 3 nitrogen and oxygen atoms in total. The largest absolute Gasteiger partial charge is 0.292 e. The van der Waals surface area contributed by atoms with Crippen molar-refractivity contribution in [3.8, 4) is 0 Å². The molecule has 0 atom stereocenters. The van der Waals surface area contributed by atoms with Crippen molar-refractivity contribution in [3.05, 3.63) is 52.1 Å². The lowest BCUT2D eigenvalue weighted by Crippen LogP contribution is -2.12. The zero-order valence-corrected chi connectivity index (χ0v) is 12.2. The van der Waals surface area contributed by atoms with Crippen LogP contribution in [0.4, 0.5) is 4.39 Å². The highest BCUT2D eigenvalue weighted by Gasteiger charge is 2.16. The van der Waals surface area contributed by atoms with Gasteiger partial charge in [0.25, 0.3) is 0 Å². The standard InChI is InChI=1S/C15H16ClFN2O/c1-3-12-9-14(19(4-2)18-12)15(20)8-10-7-11(17)5-6-13(10)16/h5-7,9H,3-4,8H2,1-2H3. The van der Waals surface area contributed by atoms with E-state index in [-0.39, 0.29) is 12.2 Å². The summed E-state index contributed by atoms with van der Waals surface area (Å²) in [5, 5.41) is 4.74. The van der Waals surface area contributed by atoms with E-state index in [1.807, 2.05) is 13.8 Å². The Labute approximate surface area is 122 Å². The van der Waals surface area contributed by atoms with Crippen molar-refractivity contribution >= 4 is 17.4 Å².